The molecule has 0 bridgehead atoms. The minimum absolute atomic E-state index is 0.197. The summed E-state index contributed by atoms with van der Waals surface area (Å²) in [7, 11) is -2.44. The minimum atomic E-state index is -2.44. The molecule has 3 atom stereocenters. The van der Waals surface area contributed by atoms with Crippen molar-refractivity contribution >= 4 is 26.4 Å². The Labute approximate surface area is 201 Å². The molecule has 0 spiro atoms. The summed E-state index contributed by atoms with van der Waals surface area (Å²) in [4.78, 5) is 31.1. The Hall–Kier alpha value is -2.84. The van der Waals surface area contributed by atoms with Gasteiger partial charge in [-0.15, -0.1) is 0 Å². The summed E-state index contributed by atoms with van der Waals surface area (Å²) in [6.45, 7) is 11.9. The van der Waals surface area contributed by atoms with Crippen molar-refractivity contribution in [3.63, 3.8) is 0 Å². The number of nitrogens with zero attached hydrogens (tertiary/aromatic N) is 2. The lowest BCUT2D eigenvalue weighted by Gasteiger charge is -2.39. The molecular formula is C26H33FN2O4Si. The molecule has 0 radical (unpaired) electrons. The smallest absolute Gasteiger partial charge is 0.417 e. The maximum Gasteiger partial charge on any atom is 0.417 e. The van der Waals surface area contributed by atoms with E-state index in [1.165, 1.54) is 6.08 Å². The van der Waals surface area contributed by atoms with E-state index >= 15 is 4.39 Å². The zero-order valence-corrected chi connectivity index (χ0v) is 21.6. The number of hydrogen-bond acceptors (Lipinski definition) is 5. The summed E-state index contributed by atoms with van der Waals surface area (Å²) in [6, 6.07) is 13.9. The number of benzene rings is 1. The number of halogens is 1. The topological polar surface area (TPSA) is 68.7 Å². The van der Waals surface area contributed by atoms with Crippen molar-refractivity contribution in [1.82, 2.24) is 9.88 Å². The zero-order valence-electron chi connectivity index (χ0n) is 20.6. The third-order valence-electron chi connectivity index (χ3n) is 6.55. The normalized spacial score (nSPS) is 20.3. The maximum absolute atomic E-state index is 15.5. The number of hydrogen-bond donors (Lipinski definition) is 0. The van der Waals surface area contributed by atoms with Crippen LogP contribution in [0, 0.1) is 0 Å². The van der Waals surface area contributed by atoms with E-state index in [1.807, 2.05) is 64.2 Å². The number of pyridine rings is 1. The van der Waals surface area contributed by atoms with E-state index in [1.54, 1.807) is 31.3 Å². The van der Waals surface area contributed by atoms with Crippen LogP contribution in [-0.2, 0) is 14.0 Å². The summed E-state index contributed by atoms with van der Waals surface area (Å²) >= 11 is 0. The predicted molar refractivity (Wildman–Crippen MR) is 132 cm³/mol. The van der Waals surface area contributed by atoms with Crippen LogP contribution in [0.2, 0.25) is 18.1 Å². The van der Waals surface area contributed by atoms with Crippen molar-refractivity contribution in [2.24, 2.45) is 0 Å². The average Bonchev–Trinajstić information content (AvgIpc) is 3.07. The van der Waals surface area contributed by atoms with E-state index in [0.717, 1.165) is 10.5 Å². The molecule has 0 unspecified atom stereocenters. The Kier molecular flexibility index (Phi) is 7.73. The third-order valence-corrected chi connectivity index (χ3v) is 11.0. The van der Waals surface area contributed by atoms with Gasteiger partial charge in [-0.1, -0.05) is 57.2 Å². The first kappa shape index (κ1) is 25.8. The van der Waals surface area contributed by atoms with Gasteiger partial charge in [0, 0.05) is 6.20 Å². The monoisotopic (exact) mass is 484 g/mol. The molecule has 6 nitrogen and oxygen atoms in total. The molecule has 1 saturated heterocycles. The van der Waals surface area contributed by atoms with Crippen molar-refractivity contribution in [1.29, 1.82) is 0 Å². The fourth-order valence-electron chi connectivity index (χ4n) is 3.56. The van der Waals surface area contributed by atoms with Gasteiger partial charge < -0.3 is 9.16 Å². The molecule has 1 aliphatic heterocycles. The molecule has 0 aliphatic carbocycles. The number of cyclic esters (lactones) is 1. The van der Waals surface area contributed by atoms with Gasteiger partial charge in [0.15, 0.2) is 8.32 Å². The van der Waals surface area contributed by atoms with E-state index in [9.17, 15) is 9.59 Å². The van der Waals surface area contributed by atoms with Gasteiger partial charge in [-0.2, -0.15) is 0 Å². The quantitative estimate of drug-likeness (QED) is 0.433. The van der Waals surface area contributed by atoms with Gasteiger partial charge in [-0.3, -0.25) is 9.78 Å². The lowest BCUT2D eigenvalue weighted by atomic mass is 10.0. The molecule has 1 aliphatic rings. The predicted octanol–water partition coefficient (Wildman–Crippen LogP) is 6.28. The average molecular weight is 485 g/mol. The van der Waals surface area contributed by atoms with Crippen molar-refractivity contribution < 1.29 is 23.1 Å². The van der Waals surface area contributed by atoms with Crippen LogP contribution < -0.4 is 0 Å². The second-order valence-electron chi connectivity index (χ2n) is 10.1. The van der Waals surface area contributed by atoms with Crippen molar-refractivity contribution in [2.45, 2.75) is 70.5 Å². The van der Waals surface area contributed by atoms with Gasteiger partial charge in [-0.05, 0) is 48.8 Å². The van der Waals surface area contributed by atoms with Gasteiger partial charge >= 0.3 is 6.09 Å². The largest absolute Gasteiger partial charge is 0.439 e. The van der Waals surface area contributed by atoms with Gasteiger partial charge in [-0.25, -0.2) is 14.1 Å². The van der Waals surface area contributed by atoms with E-state index in [4.69, 9.17) is 9.16 Å². The highest BCUT2D eigenvalue weighted by molar-refractivity contribution is 6.74. The summed E-state index contributed by atoms with van der Waals surface area (Å²) in [5, 5.41) is -0.197. The lowest BCUT2D eigenvalue weighted by Crippen LogP contribution is -2.46. The highest BCUT2D eigenvalue weighted by atomic mass is 28.4. The molecule has 8 heteroatoms. The number of rotatable bonds is 7. The summed E-state index contributed by atoms with van der Waals surface area (Å²) < 4.78 is 27.3. The first-order valence-corrected chi connectivity index (χ1v) is 14.3. The van der Waals surface area contributed by atoms with Crippen molar-refractivity contribution in [3.05, 3.63) is 71.8 Å². The SMILES string of the molecule is C[C@H]1[C@@H](c2ccccc2)OC(=O)N1C(=O)C[C@H](O[Si](C)(C)C(C)(C)C)C(F)=Cc1ccccn1. The molecule has 1 fully saturated rings. The lowest BCUT2D eigenvalue weighted by molar-refractivity contribution is -0.130. The Bertz CT molecular complexity index is 1040. The molecule has 0 saturated carbocycles. The molecule has 182 valence electrons. The number of aromatic nitrogens is 1. The van der Waals surface area contributed by atoms with E-state index in [-0.39, 0.29) is 11.5 Å². The van der Waals surface area contributed by atoms with Crippen LogP contribution in [-0.4, -0.2) is 42.3 Å². The van der Waals surface area contributed by atoms with Crippen LogP contribution in [0.4, 0.5) is 9.18 Å². The number of carbonyl (C=O) groups is 2. The maximum atomic E-state index is 15.5. The Morgan fingerprint density at radius 3 is 2.44 bits per heavy atom. The number of imide groups is 1. The number of amides is 2. The molecule has 0 N–H and O–H groups in total. The molecule has 2 heterocycles. The van der Waals surface area contributed by atoms with Crippen LogP contribution in [0.3, 0.4) is 0 Å². The highest BCUT2D eigenvalue weighted by Gasteiger charge is 2.45. The van der Waals surface area contributed by atoms with E-state index in [2.05, 4.69) is 4.98 Å². The first-order chi connectivity index (χ1) is 15.9. The van der Waals surface area contributed by atoms with Gasteiger partial charge in [0.2, 0.25) is 5.91 Å². The summed E-state index contributed by atoms with van der Waals surface area (Å²) in [6.07, 6.45) is 0.0929. The zero-order chi connectivity index (χ0) is 25.1. The molecule has 1 aromatic carbocycles. The second kappa shape index (κ2) is 10.2. The fourth-order valence-corrected chi connectivity index (χ4v) is 4.82. The standard InChI is InChI=1S/C26H33FN2O4Si/c1-18-24(19-12-8-7-9-13-19)32-25(31)29(18)23(30)17-22(33-34(5,6)26(2,3)4)21(27)16-20-14-10-11-15-28-20/h7-16,18,22,24H,17H2,1-6H3/t18-,22-,24-/m0/s1. The Balaban J connectivity index is 1.86. The van der Waals surface area contributed by atoms with Gasteiger partial charge in [0.25, 0.3) is 0 Å². The van der Waals surface area contributed by atoms with Gasteiger partial charge in [0.05, 0.1) is 18.2 Å². The Morgan fingerprint density at radius 2 is 1.85 bits per heavy atom. The third kappa shape index (κ3) is 5.80. The van der Waals surface area contributed by atoms with Gasteiger partial charge in [0.1, 0.15) is 18.0 Å². The van der Waals surface area contributed by atoms with Crippen molar-refractivity contribution in [2.75, 3.05) is 0 Å². The van der Waals surface area contributed by atoms with E-state index < -0.39 is 44.4 Å². The minimum Gasteiger partial charge on any atom is -0.439 e. The molecular weight excluding hydrogens is 451 g/mol. The second-order valence-corrected chi connectivity index (χ2v) is 14.8. The molecule has 2 aromatic rings. The Morgan fingerprint density at radius 1 is 1.21 bits per heavy atom. The molecule has 34 heavy (non-hydrogen) atoms. The highest BCUT2D eigenvalue weighted by Crippen LogP contribution is 2.39. The molecule has 2 amide bonds. The molecule has 3 rings (SSSR count). The number of ether oxygens (including phenoxy) is 1. The van der Waals surface area contributed by atoms with Crippen LogP contribution in [0.15, 0.2) is 60.6 Å². The van der Waals surface area contributed by atoms with Crippen LogP contribution in [0.25, 0.3) is 6.08 Å². The summed E-state index contributed by atoms with van der Waals surface area (Å²) in [5.41, 5.74) is 1.23. The van der Waals surface area contributed by atoms with Crippen molar-refractivity contribution in [3.8, 4) is 0 Å². The first-order valence-electron chi connectivity index (χ1n) is 11.4. The van der Waals surface area contributed by atoms with Crippen LogP contribution >= 0.6 is 0 Å². The van der Waals surface area contributed by atoms with E-state index in [0.29, 0.717) is 5.69 Å². The number of carbonyl (C=O) groups excluding carboxylic acids is 2. The van der Waals surface area contributed by atoms with Crippen LogP contribution in [0.1, 0.15) is 51.5 Å². The van der Waals surface area contributed by atoms with Crippen LogP contribution in [0.5, 0.6) is 0 Å². The summed E-state index contributed by atoms with van der Waals surface area (Å²) in [5.74, 6) is -1.14. The fraction of sp³-hybridized carbons (Fsp3) is 0.423. The molecule has 1 aromatic heterocycles.